The van der Waals surface area contributed by atoms with Gasteiger partial charge in [0.05, 0.1) is 0 Å². The molecule has 0 bridgehead atoms. The molecule has 0 fully saturated rings. The molecule has 0 radical (unpaired) electrons. The number of aryl methyl sites for hydroxylation is 2. The molecule has 0 aliphatic carbocycles. The van der Waals surface area contributed by atoms with E-state index in [1.54, 1.807) is 0 Å². The van der Waals surface area contributed by atoms with Crippen molar-refractivity contribution in [1.82, 2.24) is 0 Å². The van der Waals surface area contributed by atoms with E-state index >= 15 is 0 Å². The van der Waals surface area contributed by atoms with Crippen LogP contribution in [0.25, 0.3) is 22.3 Å². The Morgan fingerprint density at radius 2 is 0.781 bits per heavy atom. The number of benzene rings is 4. The van der Waals surface area contributed by atoms with Gasteiger partial charge in [-0.15, -0.1) is 0 Å². The first kappa shape index (κ1) is 21.9. The van der Waals surface area contributed by atoms with E-state index in [2.05, 4.69) is 111 Å². The van der Waals surface area contributed by atoms with Crippen LogP contribution in [0, 0.1) is 0 Å². The van der Waals surface area contributed by atoms with Crippen LogP contribution in [0.2, 0.25) is 0 Å². The molecular formula is C31H32O. The van der Waals surface area contributed by atoms with E-state index in [4.69, 9.17) is 4.74 Å². The summed E-state index contributed by atoms with van der Waals surface area (Å²) in [6.45, 7) is 5.00. The molecule has 0 saturated carbocycles. The lowest BCUT2D eigenvalue weighted by molar-refractivity contribution is 0.306. The predicted molar refractivity (Wildman–Crippen MR) is 136 cm³/mol. The molecular weight excluding hydrogens is 388 g/mol. The minimum atomic E-state index is 0.570. The van der Waals surface area contributed by atoms with E-state index in [0.29, 0.717) is 6.61 Å². The van der Waals surface area contributed by atoms with E-state index in [1.807, 2.05) is 0 Å². The first-order valence-corrected chi connectivity index (χ1v) is 11.8. The lowest BCUT2D eigenvalue weighted by Gasteiger charge is -2.09. The maximum Gasteiger partial charge on any atom is 0.119 e. The molecule has 0 unspecified atom stereocenters. The van der Waals surface area contributed by atoms with Gasteiger partial charge in [-0.1, -0.05) is 112 Å². The second-order valence-corrected chi connectivity index (χ2v) is 8.40. The van der Waals surface area contributed by atoms with Crippen molar-refractivity contribution in [3.05, 3.63) is 114 Å². The molecule has 0 amide bonds. The fraction of sp³-hybridized carbons (Fsp3) is 0.226. The van der Waals surface area contributed by atoms with Crippen molar-refractivity contribution in [2.75, 3.05) is 0 Å². The van der Waals surface area contributed by atoms with E-state index in [9.17, 15) is 0 Å². The molecule has 4 rings (SSSR count). The summed E-state index contributed by atoms with van der Waals surface area (Å²) in [4.78, 5) is 0. The van der Waals surface area contributed by atoms with Crippen LogP contribution in [0.5, 0.6) is 5.75 Å². The average Bonchev–Trinajstić information content (AvgIpc) is 2.85. The van der Waals surface area contributed by atoms with Gasteiger partial charge < -0.3 is 4.74 Å². The molecule has 0 spiro atoms. The maximum atomic E-state index is 6.02. The third-order valence-corrected chi connectivity index (χ3v) is 5.87. The maximum absolute atomic E-state index is 6.02. The van der Waals surface area contributed by atoms with Gasteiger partial charge in [0.25, 0.3) is 0 Å². The van der Waals surface area contributed by atoms with Gasteiger partial charge in [-0.25, -0.2) is 0 Å². The Kier molecular flexibility index (Phi) is 7.40. The Bertz CT molecular complexity index is 996. The lowest BCUT2D eigenvalue weighted by Crippen LogP contribution is -1.95. The molecule has 0 aliphatic heterocycles. The molecule has 0 saturated heterocycles. The summed E-state index contributed by atoms with van der Waals surface area (Å²) in [6, 6.07) is 34.8. The molecule has 4 aromatic rings. The van der Waals surface area contributed by atoms with Crippen LogP contribution in [-0.2, 0) is 19.4 Å². The van der Waals surface area contributed by atoms with Crippen molar-refractivity contribution >= 4 is 0 Å². The molecule has 0 N–H and O–H groups in total. The van der Waals surface area contributed by atoms with Crippen molar-refractivity contribution < 1.29 is 4.74 Å². The zero-order valence-electron chi connectivity index (χ0n) is 19.2. The van der Waals surface area contributed by atoms with Gasteiger partial charge in [0.15, 0.2) is 0 Å². The van der Waals surface area contributed by atoms with Crippen LogP contribution < -0.4 is 4.74 Å². The minimum absolute atomic E-state index is 0.570. The fourth-order valence-corrected chi connectivity index (χ4v) is 4.01. The van der Waals surface area contributed by atoms with Crippen LogP contribution in [0.3, 0.4) is 0 Å². The standard InChI is InChI=1S/C31H32O/c1-3-5-24-7-13-27(14-8-24)29-17-11-26(12-18-29)23-32-31-21-19-30(20-22-31)28-15-9-25(6-4-2)10-16-28/h7-22H,3-6,23H2,1-2H3. The van der Waals surface area contributed by atoms with E-state index in [1.165, 1.54) is 51.8 Å². The summed E-state index contributed by atoms with van der Waals surface area (Å²) in [5.41, 5.74) is 8.94. The molecule has 0 atom stereocenters. The Morgan fingerprint density at radius 1 is 0.438 bits per heavy atom. The number of hydrogen-bond acceptors (Lipinski definition) is 1. The summed E-state index contributed by atoms with van der Waals surface area (Å²) in [5, 5.41) is 0. The smallest absolute Gasteiger partial charge is 0.119 e. The van der Waals surface area contributed by atoms with Crippen molar-refractivity contribution in [2.45, 2.75) is 46.1 Å². The zero-order chi connectivity index (χ0) is 22.2. The van der Waals surface area contributed by atoms with Gasteiger partial charge in [0, 0.05) is 0 Å². The highest BCUT2D eigenvalue weighted by molar-refractivity contribution is 5.65. The Balaban J connectivity index is 1.34. The van der Waals surface area contributed by atoms with Crippen LogP contribution in [0.1, 0.15) is 43.4 Å². The SMILES string of the molecule is CCCc1ccc(-c2ccc(COc3ccc(-c4ccc(CCC)cc4)cc3)cc2)cc1. The molecule has 1 nitrogen and oxygen atoms in total. The van der Waals surface area contributed by atoms with Crippen molar-refractivity contribution in [2.24, 2.45) is 0 Å². The highest BCUT2D eigenvalue weighted by atomic mass is 16.5. The Hall–Kier alpha value is -3.32. The third-order valence-electron chi connectivity index (χ3n) is 5.87. The van der Waals surface area contributed by atoms with Crippen molar-refractivity contribution in [1.29, 1.82) is 0 Å². The second-order valence-electron chi connectivity index (χ2n) is 8.40. The average molecular weight is 421 g/mol. The molecule has 0 aromatic heterocycles. The number of rotatable bonds is 9. The quantitative estimate of drug-likeness (QED) is 0.264. The summed E-state index contributed by atoms with van der Waals surface area (Å²) in [5.74, 6) is 0.895. The van der Waals surface area contributed by atoms with E-state index in [-0.39, 0.29) is 0 Å². The van der Waals surface area contributed by atoms with Gasteiger partial charge >= 0.3 is 0 Å². The van der Waals surface area contributed by atoms with Crippen LogP contribution >= 0.6 is 0 Å². The summed E-state index contributed by atoms with van der Waals surface area (Å²) in [7, 11) is 0. The van der Waals surface area contributed by atoms with Gasteiger partial charge in [-0.2, -0.15) is 0 Å². The summed E-state index contributed by atoms with van der Waals surface area (Å²) in [6.07, 6.45) is 4.64. The van der Waals surface area contributed by atoms with E-state index in [0.717, 1.165) is 18.6 Å². The molecule has 0 heterocycles. The van der Waals surface area contributed by atoms with Crippen molar-refractivity contribution in [3.63, 3.8) is 0 Å². The number of hydrogen-bond donors (Lipinski definition) is 0. The Morgan fingerprint density at radius 3 is 1.16 bits per heavy atom. The van der Waals surface area contributed by atoms with Gasteiger partial charge in [-0.05, 0) is 63.9 Å². The van der Waals surface area contributed by atoms with Gasteiger partial charge in [-0.3, -0.25) is 0 Å². The first-order chi connectivity index (χ1) is 15.7. The molecule has 1 heteroatoms. The monoisotopic (exact) mass is 420 g/mol. The van der Waals surface area contributed by atoms with Crippen molar-refractivity contribution in [3.8, 4) is 28.0 Å². The topological polar surface area (TPSA) is 9.23 Å². The first-order valence-electron chi connectivity index (χ1n) is 11.8. The highest BCUT2D eigenvalue weighted by Crippen LogP contribution is 2.25. The van der Waals surface area contributed by atoms with E-state index < -0.39 is 0 Å². The van der Waals surface area contributed by atoms with Gasteiger partial charge in [0.1, 0.15) is 12.4 Å². The highest BCUT2D eigenvalue weighted by Gasteiger charge is 2.02. The largest absolute Gasteiger partial charge is 0.489 e. The number of ether oxygens (including phenoxy) is 1. The normalized spacial score (nSPS) is 10.8. The van der Waals surface area contributed by atoms with Crippen LogP contribution in [0.4, 0.5) is 0 Å². The third kappa shape index (κ3) is 5.68. The predicted octanol–water partition coefficient (Wildman–Crippen LogP) is 8.50. The molecule has 4 aromatic carbocycles. The molecule has 162 valence electrons. The summed E-state index contributed by atoms with van der Waals surface area (Å²) < 4.78 is 6.02. The fourth-order valence-electron chi connectivity index (χ4n) is 4.01. The molecule has 32 heavy (non-hydrogen) atoms. The summed E-state index contributed by atoms with van der Waals surface area (Å²) >= 11 is 0. The lowest BCUT2D eigenvalue weighted by atomic mass is 10.0. The van der Waals surface area contributed by atoms with Gasteiger partial charge in [0.2, 0.25) is 0 Å². The van der Waals surface area contributed by atoms with Crippen LogP contribution in [0.15, 0.2) is 97.1 Å². The Labute approximate surface area is 192 Å². The zero-order valence-corrected chi connectivity index (χ0v) is 19.2. The second kappa shape index (κ2) is 10.8. The minimum Gasteiger partial charge on any atom is -0.489 e. The van der Waals surface area contributed by atoms with Crippen LogP contribution in [-0.4, -0.2) is 0 Å². The molecule has 0 aliphatic rings.